The predicted octanol–water partition coefficient (Wildman–Crippen LogP) is 3.38. The molecule has 3 heteroatoms. The summed E-state index contributed by atoms with van der Waals surface area (Å²) in [5, 5.41) is 12.3. The van der Waals surface area contributed by atoms with E-state index < -0.39 is 0 Å². The molecule has 3 nitrogen and oxygen atoms in total. The largest absolute Gasteiger partial charge is 0.395 e. The van der Waals surface area contributed by atoms with E-state index in [1.807, 2.05) is 12.4 Å². The third-order valence-corrected chi connectivity index (χ3v) is 3.56. The highest BCUT2D eigenvalue weighted by atomic mass is 16.3. The second kappa shape index (κ2) is 10.9. The van der Waals surface area contributed by atoms with E-state index in [4.69, 9.17) is 5.11 Å². The number of rotatable bonds is 11. The fraction of sp³-hybridized carbons (Fsp3) is 0.750. The Labute approximate surface area is 118 Å². The van der Waals surface area contributed by atoms with Crippen LogP contribution in [0.3, 0.4) is 0 Å². The van der Waals surface area contributed by atoms with E-state index >= 15 is 0 Å². The van der Waals surface area contributed by atoms with Gasteiger partial charge in [-0.15, -0.1) is 0 Å². The van der Waals surface area contributed by atoms with E-state index in [0.717, 1.165) is 19.4 Å². The highest BCUT2D eigenvalue weighted by Crippen LogP contribution is 2.11. The predicted molar refractivity (Wildman–Crippen MR) is 81.6 cm³/mol. The monoisotopic (exact) mass is 266 g/mol. The molecule has 1 rings (SSSR count). The second-order valence-electron chi connectivity index (χ2n) is 5.21. The van der Waals surface area contributed by atoms with Crippen molar-refractivity contribution in [1.82, 2.24) is 10.2 Å². The van der Waals surface area contributed by atoms with Crippen LogP contribution in [0.4, 0.5) is 0 Å². The Bertz CT molecular complexity index is 263. The Morgan fingerprint density at radius 2 is 1.95 bits per heavy atom. The number of unbranched alkanes of at least 4 members (excludes halogenated alkanes) is 5. The van der Waals surface area contributed by atoms with Crippen LogP contribution in [0.5, 0.6) is 0 Å². The average molecular weight is 266 g/mol. The zero-order valence-electron chi connectivity index (χ0n) is 12.4. The van der Waals surface area contributed by atoms with E-state index in [9.17, 15) is 0 Å². The van der Waals surface area contributed by atoms with Crippen molar-refractivity contribution >= 4 is 0 Å². The molecule has 0 aliphatic carbocycles. The molecular formula is C16H30N2O. The normalized spacial score (nSPS) is 18.4. The van der Waals surface area contributed by atoms with Gasteiger partial charge >= 0.3 is 0 Å². The van der Waals surface area contributed by atoms with Crippen LogP contribution in [-0.4, -0.2) is 29.3 Å². The lowest BCUT2D eigenvalue weighted by Crippen LogP contribution is -2.36. The van der Waals surface area contributed by atoms with Gasteiger partial charge in [-0.05, 0) is 25.7 Å². The van der Waals surface area contributed by atoms with Crippen LogP contribution in [0.1, 0.15) is 58.3 Å². The minimum atomic E-state index is 0.218. The summed E-state index contributed by atoms with van der Waals surface area (Å²) in [6.45, 7) is 3.19. The van der Waals surface area contributed by atoms with E-state index in [0.29, 0.717) is 6.17 Å². The van der Waals surface area contributed by atoms with Crippen LogP contribution >= 0.6 is 0 Å². The standard InChI is InChI=1S/C16H30N2O/c1-2-3-4-5-6-7-8-9-10-11-16-17-12-13-18(16)14-15-19/h8-9,12-13,16-17,19H,2-7,10-11,14-15H2,1H3/b9-8+. The first-order valence-corrected chi connectivity index (χ1v) is 7.82. The fourth-order valence-corrected chi connectivity index (χ4v) is 2.40. The molecule has 0 bridgehead atoms. The van der Waals surface area contributed by atoms with Crippen molar-refractivity contribution in [3.63, 3.8) is 0 Å². The minimum Gasteiger partial charge on any atom is -0.395 e. The number of nitrogens with zero attached hydrogens (tertiary/aromatic N) is 1. The highest BCUT2D eigenvalue weighted by molar-refractivity contribution is 4.95. The molecule has 0 radical (unpaired) electrons. The SMILES string of the molecule is CCCCCCC/C=C/CCC1NC=CN1CCO. The number of hydrogen-bond donors (Lipinski definition) is 2. The van der Waals surface area contributed by atoms with Gasteiger partial charge in [0.2, 0.25) is 0 Å². The Morgan fingerprint density at radius 1 is 1.16 bits per heavy atom. The lowest BCUT2D eigenvalue weighted by Gasteiger charge is -2.24. The van der Waals surface area contributed by atoms with E-state index in [-0.39, 0.29) is 6.61 Å². The van der Waals surface area contributed by atoms with Crippen molar-refractivity contribution in [3.8, 4) is 0 Å². The third-order valence-electron chi connectivity index (χ3n) is 3.56. The number of nitrogens with one attached hydrogen (secondary N) is 1. The topological polar surface area (TPSA) is 35.5 Å². The first kappa shape index (κ1) is 16.1. The summed E-state index contributed by atoms with van der Waals surface area (Å²) in [7, 11) is 0. The Morgan fingerprint density at radius 3 is 2.74 bits per heavy atom. The average Bonchev–Trinajstić information content (AvgIpc) is 2.85. The van der Waals surface area contributed by atoms with Crippen LogP contribution in [0, 0.1) is 0 Å². The van der Waals surface area contributed by atoms with Gasteiger partial charge in [-0.3, -0.25) is 0 Å². The Kier molecular flexibility index (Phi) is 9.25. The summed E-state index contributed by atoms with van der Waals surface area (Å²) in [6.07, 6.45) is 19.2. The Hall–Kier alpha value is -0.960. The van der Waals surface area contributed by atoms with E-state index in [2.05, 4.69) is 29.3 Å². The molecule has 19 heavy (non-hydrogen) atoms. The number of allylic oxidation sites excluding steroid dienone is 2. The van der Waals surface area contributed by atoms with Gasteiger partial charge in [0.1, 0.15) is 0 Å². The summed E-state index contributed by atoms with van der Waals surface area (Å²) >= 11 is 0. The lowest BCUT2D eigenvalue weighted by atomic mass is 10.1. The summed E-state index contributed by atoms with van der Waals surface area (Å²) in [6, 6.07) is 0. The Balaban J connectivity index is 1.97. The van der Waals surface area contributed by atoms with Crippen LogP contribution in [0.2, 0.25) is 0 Å². The molecule has 1 unspecified atom stereocenters. The molecule has 2 N–H and O–H groups in total. The maximum absolute atomic E-state index is 8.96. The zero-order valence-corrected chi connectivity index (χ0v) is 12.4. The van der Waals surface area contributed by atoms with Gasteiger partial charge in [-0.1, -0.05) is 44.8 Å². The molecule has 0 aromatic carbocycles. The van der Waals surface area contributed by atoms with Crippen LogP contribution in [0.25, 0.3) is 0 Å². The second-order valence-corrected chi connectivity index (χ2v) is 5.21. The summed E-state index contributed by atoms with van der Waals surface area (Å²) < 4.78 is 0. The molecule has 0 aromatic heterocycles. The quantitative estimate of drug-likeness (QED) is 0.444. The molecule has 1 aliphatic heterocycles. The molecule has 0 aromatic rings. The lowest BCUT2D eigenvalue weighted by molar-refractivity contribution is 0.196. The molecule has 0 saturated heterocycles. The fourth-order valence-electron chi connectivity index (χ4n) is 2.40. The van der Waals surface area contributed by atoms with Crippen molar-refractivity contribution in [2.45, 2.75) is 64.5 Å². The highest BCUT2D eigenvalue weighted by Gasteiger charge is 2.16. The van der Waals surface area contributed by atoms with E-state index in [1.54, 1.807) is 0 Å². The van der Waals surface area contributed by atoms with Gasteiger partial charge in [0.25, 0.3) is 0 Å². The molecular weight excluding hydrogens is 236 g/mol. The van der Waals surface area contributed by atoms with Gasteiger partial charge in [-0.2, -0.15) is 0 Å². The third kappa shape index (κ3) is 7.26. The molecule has 1 aliphatic rings. The van der Waals surface area contributed by atoms with Gasteiger partial charge in [-0.25, -0.2) is 0 Å². The number of hydrogen-bond acceptors (Lipinski definition) is 3. The van der Waals surface area contributed by atoms with Crippen molar-refractivity contribution in [1.29, 1.82) is 0 Å². The molecule has 1 atom stereocenters. The maximum atomic E-state index is 8.96. The van der Waals surface area contributed by atoms with Gasteiger partial charge < -0.3 is 15.3 Å². The van der Waals surface area contributed by atoms with Crippen LogP contribution < -0.4 is 5.32 Å². The number of β-amino-alcohol motifs (C(OH)–C–C–N with tert-alkyl or cyclic N) is 1. The number of aliphatic hydroxyl groups excluding tert-OH is 1. The molecule has 0 fully saturated rings. The first-order chi connectivity index (χ1) is 9.38. The maximum Gasteiger partial charge on any atom is 0.0985 e. The minimum absolute atomic E-state index is 0.218. The van der Waals surface area contributed by atoms with Crippen LogP contribution in [-0.2, 0) is 0 Å². The first-order valence-electron chi connectivity index (χ1n) is 7.82. The van der Waals surface area contributed by atoms with Gasteiger partial charge in [0, 0.05) is 18.9 Å². The van der Waals surface area contributed by atoms with Crippen molar-refractivity contribution in [3.05, 3.63) is 24.6 Å². The van der Waals surface area contributed by atoms with E-state index in [1.165, 1.54) is 38.5 Å². The van der Waals surface area contributed by atoms with Crippen molar-refractivity contribution < 1.29 is 5.11 Å². The molecule has 0 spiro atoms. The summed E-state index contributed by atoms with van der Waals surface area (Å²) in [5.74, 6) is 0. The smallest absolute Gasteiger partial charge is 0.0985 e. The van der Waals surface area contributed by atoms with Gasteiger partial charge in [0.05, 0.1) is 12.8 Å². The summed E-state index contributed by atoms with van der Waals surface area (Å²) in [4.78, 5) is 2.17. The van der Waals surface area contributed by atoms with Gasteiger partial charge in [0.15, 0.2) is 0 Å². The van der Waals surface area contributed by atoms with Crippen LogP contribution in [0.15, 0.2) is 24.6 Å². The van der Waals surface area contributed by atoms with Crippen molar-refractivity contribution in [2.75, 3.05) is 13.2 Å². The molecule has 0 saturated carbocycles. The molecule has 110 valence electrons. The van der Waals surface area contributed by atoms with Crippen molar-refractivity contribution in [2.24, 2.45) is 0 Å². The zero-order chi connectivity index (χ0) is 13.8. The summed E-state index contributed by atoms with van der Waals surface area (Å²) in [5.41, 5.74) is 0. The molecule has 1 heterocycles. The molecule has 0 amide bonds. The number of aliphatic hydroxyl groups is 1.